The van der Waals surface area contributed by atoms with E-state index in [1.807, 2.05) is 44.2 Å². The lowest BCUT2D eigenvalue weighted by Crippen LogP contribution is -2.10. The number of ether oxygens (including phenoxy) is 1. The average molecular weight is 243 g/mol. The highest BCUT2D eigenvalue weighted by atomic mass is 16.5. The van der Waals surface area contributed by atoms with E-state index in [0.717, 1.165) is 28.5 Å². The lowest BCUT2D eigenvalue weighted by atomic mass is 10.1. The largest absolute Gasteiger partial charge is 0.492 e. The Labute approximate surface area is 107 Å². The third kappa shape index (κ3) is 3.05. The van der Waals surface area contributed by atoms with Crippen LogP contribution in [0.15, 0.2) is 30.3 Å². The Morgan fingerprint density at radius 2 is 1.83 bits per heavy atom. The zero-order valence-electron chi connectivity index (χ0n) is 10.7. The Morgan fingerprint density at radius 1 is 1.11 bits per heavy atom. The minimum absolute atomic E-state index is 0.520. The summed E-state index contributed by atoms with van der Waals surface area (Å²) in [6.45, 7) is 4.92. The molecule has 18 heavy (non-hydrogen) atoms. The standard InChI is InChI=1S/C14H17N3O/c1-10-9-14(17-11(2)16-10)12-3-5-13(6-4-12)18-8-7-15/h3-6,9H,7-8,15H2,1-2H3. The third-order valence-electron chi connectivity index (χ3n) is 2.50. The number of aromatic nitrogens is 2. The van der Waals surface area contributed by atoms with Crippen LogP contribution in [0.5, 0.6) is 5.75 Å². The van der Waals surface area contributed by atoms with Gasteiger partial charge < -0.3 is 10.5 Å². The van der Waals surface area contributed by atoms with Crippen molar-refractivity contribution >= 4 is 0 Å². The summed E-state index contributed by atoms with van der Waals surface area (Å²) in [7, 11) is 0. The fourth-order valence-electron chi connectivity index (χ4n) is 1.76. The molecule has 2 aromatic rings. The molecule has 94 valence electrons. The summed E-state index contributed by atoms with van der Waals surface area (Å²) in [5.74, 6) is 1.61. The molecule has 0 aliphatic rings. The van der Waals surface area contributed by atoms with E-state index < -0.39 is 0 Å². The zero-order valence-corrected chi connectivity index (χ0v) is 10.7. The van der Waals surface area contributed by atoms with Gasteiger partial charge in [0.15, 0.2) is 0 Å². The maximum atomic E-state index is 5.44. The van der Waals surface area contributed by atoms with E-state index in [0.29, 0.717) is 13.2 Å². The van der Waals surface area contributed by atoms with Gasteiger partial charge in [-0.1, -0.05) is 0 Å². The number of hydrogen-bond donors (Lipinski definition) is 1. The Bertz CT molecular complexity index is 503. The minimum Gasteiger partial charge on any atom is -0.492 e. The van der Waals surface area contributed by atoms with E-state index in [1.165, 1.54) is 0 Å². The summed E-state index contributed by atoms with van der Waals surface area (Å²) < 4.78 is 5.44. The molecule has 0 fully saturated rings. The van der Waals surface area contributed by atoms with Gasteiger partial charge >= 0.3 is 0 Å². The van der Waals surface area contributed by atoms with Crippen LogP contribution in [0, 0.1) is 13.8 Å². The lowest BCUT2D eigenvalue weighted by molar-refractivity contribution is 0.328. The van der Waals surface area contributed by atoms with Crippen LogP contribution in [0.3, 0.4) is 0 Å². The molecule has 1 aromatic heterocycles. The van der Waals surface area contributed by atoms with E-state index in [1.54, 1.807) is 0 Å². The second kappa shape index (κ2) is 5.60. The van der Waals surface area contributed by atoms with Crippen LogP contribution in [-0.2, 0) is 0 Å². The molecule has 0 amide bonds. The van der Waals surface area contributed by atoms with Crippen molar-refractivity contribution in [3.63, 3.8) is 0 Å². The van der Waals surface area contributed by atoms with Gasteiger partial charge in [0.1, 0.15) is 18.2 Å². The second-order valence-electron chi connectivity index (χ2n) is 4.10. The van der Waals surface area contributed by atoms with E-state index in [2.05, 4.69) is 9.97 Å². The van der Waals surface area contributed by atoms with Crippen molar-refractivity contribution in [3.8, 4) is 17.0 Å². The van der Waals surface area contributed by atoms with E-state index in [9.17, 15) is 0 Å². The van der Waals surface area contributed by atoms with Crippen LogP contribution >= 0.6 is 0 Å². The maximum Gasteiger partial charge on any atom is 0.126 e. The molecule has 1 heterocycles. The number of benzene rings is 1. The Kier molecular flexibility index (Phi) is 3.89. The number of nitrogens with two attached hydrogens (primary N) is 1. The minimum atomic E-state index is 0.520. The molecule has 2 rings (SSSR count). The molecule has 0 aliphatic carbocycles. The van der Waals surface area contributed by atoms with Crippen molar-refractivity contribution < 1.29 is 4.74 Å². The lowest BCUT2D eigenvalue weighted by Gasteiger charge is -2.06. The van der Waals surface area contributed by atoms with Crippen LogP contribution < -0.4 is 10.5 Å². The Morgan fingerprint density at radius 3 is 2.44 bits per heavy atom. The molecule has 0 atom stereocenters. The van der Waals surface area contributed by atoms with Gasteiger partial charge in [-0.15, -0.1) is 0 Å². The quantitative estimate of drug-likeness (QED) is 0.893. The Hall–Kier alpha value is -1.94. The van der Waals surface area contributed by atoms with Gasteiger partial charge in [0.2, 0.25) is 0 Å². The van der Waals surface area contributed by atoms with Crippen LogP contribution in [0.2, 0.25) is 0 Å². The van der Waals surface area contributed by atoms with Crippen LogP contribution in [0.4, 0.5) is 0 Å². The summed E-state index contributed by atoms with van der Waals surface area (Å²) in [4.78, 5) is 8.69. The molecular weight excluding hydrogens is 226 g/mol. The van der Waals surface area contributed by atoms with Crippen molar-refractivity contribution in [3.05, 3.63) is 41.9 Å². The third-order valence-corrected chi connectivity index (χ3v) is 2.50. The van der Waals surface area contributed by atoms with Gasteiger partial charge in [-0.2, -0.15) is 0 Å². The highest BCUT2D eigenvalue weighted by Crippen LogP contribution is 2.21. The smallest absolute Gasteiger partial charge is 0.126 e. The molecule has 0 aliphatic heterocycles. The van der Waals surface area contributed by atoms with Gasteiger partial charge in [0, 0.05) is 17.8 Å². The molecule has 4 heteroatoms. The van der Waals surface area contributed by atoms with E-state index in [-0.39, 0.29) is 0 Å². The topological polar surface area (TPSA) is 61.0 Å². The fourth-order valence-corrected chi connectivity index (χ4v) is 1.76. The van der Waals surface area contributed by atoms with Crippen LogP contribution in [-0.4, -0.2) is 23.1 Å². The van der Waals surface area contributed by atoms with E-state index in [4.69, 9.17) is 10.5 Å². The predicted octanol–water partition coefficient (Wildman–Crippen LogP) is 2.10. The summed E-state index contributed by atoms with van der Waals surface area (Å²) in [6, 6.07) is 9.82. The molecule has 0 saturated heterocycles. The highest BCUT2D eigenvalue weighted by Gasteiger charge is 2.02. The molecule has 0 spiro atoms. The molecule has 2 N–H and O–H groups in total. The molecule has 0 unspecified atom stereocenters. The molecule has 4 nitrogen and oxygen atoms in total. The predicted molar refractivity (Wildman–Crippen MR) is 71.5 cm³/mol. The van der Waals surface area contributed by atoms with Gasteiger partial charge in [-0.25, -0.2) is 9.97 Å². The average Bonchev–Trinajstić information content (AvgIpc) is 2.36. The number of aryl methyl sites for hydroxylation is 2. The van der Waals surface area contributed by atoms with Gasteiger partial charge in [0.25, 0.3) is 0 Å². The van der Waals surface area contributed by atoms with Crippen molar-refractivity contribution in [1.82, 2.24) is 9.97 Å². The van der Waals surface area contributed by atoms with Crippen molar-refractivity contribution in [2.24, 2.45) is 5.73 Å². The summed E-state index contributed by atoms with van der Waals surface area (Å²) >= 11 is 0. The summed E-state index contributed by atoms with van der Waals surface area (Å²) in [6.07, 6.45) is 0. The van der Waals surface area contributed by atoms with Crippen LogP contribution in [0.25, 0.3) is 11.3 Å². The maximum absolute atomic E-state index is 5.44. The normalized spacial score (nSPS) is 10.4. The molecule has 1 aromatic carbocycles. The molecule has 0 saturated carbocycles. The van der Waals surface area contributed by atoms with Gasteiger partial charge in [0.05, 0.1) is 5.69 Å². The van der Waals surface area contributed by atoms with Crippen molar-refractivity contribution in [2.45, 2.75) is 13.8 Å². The van der Waals surface area contributed by atoms with E-state index >= 15 is 0 Å². The zero-order chi connectivity index (χ0) is 13.0. The first-order valence-electron chi connectivity index (χ1n) is 5.94. The number of hydrogen-bond acceptors (Lipinski definition) is 4. The first-order valence-corrected chi connectivity index (χ1v) is 5.94. The van der Waals surface area contributed by atoms with Crippen LogP contribution in [0.1, 0.15) is 11.5 Å². The number of rotatable bonds is 4. The first-order chi connectivity index (χ1) is 8.69. The second-order valence-corrected chi connectivity index (χ2v) is 4.10. The Balaban J connectivity index is 2.23. The molecular formula is C14H17N3O. The van der Waals surface area contributed by atoms with Crippen molar-refractivity contribution in [1.29, 1.82) is 0 Å². The number of nitrogens with zero attached hydrogens (tertiary/aromatic N) is 2. The molecule has 0 radical (unpaired) electrons. The first kappa shape index (κ1) is 12.5. The summed E-state index contributed by atoms with van der Waals surface area (Å²) in [5.41, 5.74) is 8.36. The summed E-state index contributed by atoms with van der Waals surface area (Å²) in [5, 5.41) is 0. The highest BCUT2D eigenvalue weighted by molar-refractivity contribution is 5.60. The van der Waals surface area contributed by atoms with Gasteiger partial charge in [-0.05, 0) is 44.2 Å². The monoisotopic (exact) mass is 243 g/mol. The molecule has 0 bridgehead atoms. The fraction of sp³-hybridized carbons (Fsp3) is 0.286. The van der Waals surface area contributed by atoms with Gasteiger partial charge in [-0.3, -0.25) is 0 Å². The van der Waals surface area contributed by atoms with Crippen molar-refractivity contribution in [2.75, 3.05) is 13.2 Å². The SMILES string of the molecule is Cc1cc(-c2ccc(OCCN)cc2)nc(C)n1.